The van der Waals surface area contributed by atoms with E-state index in [1.54, 1.807) is 23.1 Å². The van der Waals surface area contributed by atoms with E-state index in [-0.39, 0.29) is 23.9 Å². The second-order valence-corrected chi connectivity index (χ2v) is 7.48. The maximum Gasteiger partial charge on any atom is 0.263 e. The van der Waals surface area contributed by atoms with E-state index in [2.05, 4.69) is 9.97 Å². The summed E-state index contributed by atoms with van der Waals surface area (Å²) in [5.74, 6) is 0.0935. The Balaban J connectivity index is 1.55. The predicted octanol–water partition coefficient (Wildman–Crippen LogP) is 4.25. The zero-order chi connectivity index (χ0) is 19.7. The van der Waals surface area contributed by atoms with Crippen LogP contribution >= 0.6 is 23.2 Å². The van der Waals surface area contributed by atoms with E-state index < -0.39 is 5.56 Å². The van der Waals surface area contributed by atoms with Crippen molar-refractivity contribution in [2.75, 3.05) is 6.54 Å². The highest BCUT2D eigenvalue weighted by atomic mass is 35.5. The molecule has 1 unspecified atom stereocenters. The number of carbonyl (C=O) groups is 1. The van der Waals surface area contributed by atoms with Crippen molar-refractivity contribution in [2.45, 2.75) is 18.9 Å². The third kappa shape index (κ3) is 3.55. The minimum Gasteiger partial charge on any atom is -0.331 e. The van der Waals surface area contributed by atoms with E-state index in [9.17, 15) is 9.59 Å². The molecule has 3 aromatic rings. The Morgan fingerprint density at radius 1 is 1.11 bits per heavy atom. The average Bonchev–Trinajstić information content (AvgIpc) is 2.65. The van der Waals surface area contributed by atoms with E-state index in [0.29, 0.717) is 28.0 Å². The lowest BCUT2D eigenvalue weighted by Gasteiger charge is -2.41. The van der Waals surface area contributed by atoms with Crippen molar-refractivity contribution in [2.24, 2.45) is 0 Å². The summed E-state index contributed by atoms with van der Waals surface area (Å²) >= 11 is 12.4. The highest BCUT2D eigenvalue weighted by molar-refractivity contribution is 6.36. The van der Waals surface area contributed by atoms with Crippen molar-refractivity contribution in [3.8, 4) is 0 Å². The Morgan fingerprint density at radius 2 is 1.82 bits per heavy atom. The van der Waals surface area contributed by atoms with Gasteiger partial charge in [-0.3, -0.25) is 9.59 Å². The molecule has 1 aliphatic rings. The van der Waals surface area contributed by atoms with Gasteiger partial charge >= 0.3 is 0 Å². The minimum atomic E-state index is -0.461. The van der Waals surface area contributed by atoms with Crippen molar-refractivity contribution in [1.29, 1.82) is 0 Å². The number of hydrogen-bond acceptors (Lipinski definition) is 3. The van der Waals surface area contributed by atoms with Gasteiger partial charge in [-0.25, -0.2) is 4.98 Å². The summed E-state index contributed by atoms with van der Waals surface area (Å²) in [4.78, 5) is 34.0. The van der Waals surface area contributed by atoms with Crippen molar-refractivity contribution in [3.63, 3.8) is 0 Å². The van der Waals surface area contributed by atoms with E-state index in [1.165, 1.54) is 6.20 Å². The average molecular weight is 414 g/mol. The molecule has 4 rings (SSSR count). The number of carbonyl (C=O) groups excluding carboxylic acids is 1. The first kappa shape index (κ1) is 18.7. The number of rotatable bonds is 4. The van der Waals surface area contributed by atoms with Crippen molar-refractivity contribution in [3.05, 3.63) is 97.6 Å². The number of amides is 1. The Labute approximate surface area is 171 Å². The second-order valence-electron chi connectivity index (χ2n) is 6.66. The number of H-pyrrole nitrogens is 1. The van der Waals surface area contributed by atoms with Crippen LogP contribution < -0.4 is 5.56 Å². The molecule has 142 valence electrons. The van der Waals surface area contributed by atoms with Crippen LogP contribution in [0, 0.1) is 0 Å². The summed E-state index contributed by atoms with van der Waals surface area (Å²) in [6, 6.07) is 15.0. The summed E-state index contributed by atoms with van der Waals surface area (Å²) in [7, 11) is 0. The molecule has 28 heavy (non-hydrogen) atoms. The molecule has 1 fully saturated rings. The normalized spacial score (nSPS) is 15.9. The quantitative estimate of drug-likeness (QED) is 0.694. The van der Waals surface area contributed by atoms with Gasteiger partial charge in [-0.2, -0.15) is 0 Å². The third-order valence-electron chi connectivity index (χ3n) is 4.95. The summed E-state index contributed by atoms with van der Waals surface area (Å²) in [6.45, 7) is 0.620. The lowest BCUT2D eigenvalue weighted by atomic mass is 9.94. The van der Waals surface area contributed by atoms with Crippen molar-refractivity contribution in [1.82, 2.24) is 14.9 Å². The van der Waals surface area contributed by atoms with E-state index in [4.69, 9.17) is 23.2 Å². The molecule has 1 aromatic heterocycles. The van der Waals surface area contributed by atoms with Gasteiger partial charge < -0.3 is 9.88 Å². The summed E-state index contributed by atoms with van der Waals surface area (Å²) < 4.78 is 0. The molecule has 1 N–H and O–H groups in total. The Bertz CT molecular complexity index is 1060. The first-order valence-corrected chi connectivity index (χ1v) is 9.67. The highest BCUT2D eigenvalue weighted by Crippen LogP contribution is 2.33. The van der Waals surface area contributed by atoms with E-state index >= 15 is 0 Å². The van der Waals surface area contributed by atoms with Crippen LogP contribution in [0.4, 0.5) is 0 Å². The lowest BCUT2D eigenvalue weighted by molar-refractivity contribution is 0.0458. The molecular formula is C21H17Cl2N3O2. The fourth-order valence-corrected chi connectivity index (χ4v) is 3.88. The number of nitrogens with one attached hydrogen (secondary N) is 1. The third-order valence-corrected chi connectivity index (χ3v) is 5.66. The molecule has 2 heterocycles. The predicted molar refractivity (Wildman–Crippen MR) is 109 cm³/mol. The van der Waals surface area contributed by atoms with Gasteiger partial charge in [-0.05, 0) is 29.7 Å². The molecule has 2 aromatic carbocycles. The van der Waals surface area contributed by atoms with Crippen LogP contribution in [0.25, 0.3) is 0 Å². The standard InChI is InChI=1S/C21H17Cl2N3O2/c22-16-7-4-8-17(23)14(16)11-19-24-12-15(20(27)25-19)21(28)26-10-9-18(26)13-5-2-1-3-6-13/h1-8,12,18H,9-11H2,(H,24,25,27). The van der Waals surface area contributed by atoms with Crippen LogP contribution in [-0.2, 0) is 6.42 Å². The minimum absolute atomic E-state index is 0.00490. The maximum absolute atomic E-state index is 12.8. The number of aromatic nitrogens is 2. The highest BCUT2D eigenvalue weighted by Gasteiger charge is 2.34. The molecule has 0 aliphatic carbocycles. The van der Waals surface area contributed by atoms with Crippen LogP contribution in [0.5, 0.6) is 0 Å². The topological polar surface area (TPSA) is 66.1 Å². The summed E-state index contributed by atoms with van der Waals surface area (Å²) in [5.41, 5.74) is 1.32. The van der Waals surface area contributed by atoms with E-state index in [1.807, 2.05) is 30.3 Å². The van der Waals surface area contributed by atoms with Gasteiger partial charge in [-0.1, -0.05) is 59.6 Å². The fourth-order valence-electron chi connectivity index (χ4n) is 3.35. The van der Waals surface area contributed by atoms with Crippen LogP contribution in [0.1, 0.15) is 39.8 Å². The maximum atomic E-state index is 12.8. The van der Waals surface area contributed by atoms with Crippen molar-refractivity contribution >= 4 is 29.1 Å². The number of benzene rings is 2. The van der Waals surface area contributed by atoms with Gasteiger partial charge in [0.15, 0.2) is 0 Å². The van der Waals surface area contributed by atoms with Crippen LogP contribution in [0.2, 0.25) is 10.0 Å². The van der Waals surface area contributed by atoms with E-state index in [0.717, 1.165) is 12.0 Å². The van der Waals surface area contributed by atoms with Crippen LogP contribution in [0.15, 0.2) is 59.5 Å². The largest absolute Gasteiger partial charge is 0.331 e. The number of nitrogens with zero attached hydrogens (tertiary/aromatic N) is 2. The molecule has 1 atom stereocenters. The van der Waals surface area contributed by atoms with Gasteiger partial charge in [0.1, 0.15) is 11.4 Å². The Morgan fingerprint density at radius 3 is 2.43 bits per heavy atom. The Kier molecular flexibility index (Phi) is 5.20. The van der Waals surface area contributed by atoms with Crippen molar-refractivity contribution < 1.29 is 4.79 Å². The Hall–Kier alpha value is -2.63. The zero-order valence-corrected chi connectivity index (χ0v) is 16.4. The molecule has 0 bridgehead atoms. The molecular weight excluding hydrogens is 397 g/mol. The molecule has 0 radical (unpaired) electrons. The van der Waals surface area contributed by atoms with Gasteiger partial charge in [-0.15, -0.1) is 0 Å². The van der Waals surface area contributed by atoms with Gasteiger partial charge in [0, 0.05) is 29.2 Å². The number of hydrogen-bond donors (Lipinski definition) is 1. The smallest absolute Gasteiger partial charge is 0.263 e. The number of halogens is 2. The molecule has 0 saturated carbocycles. The second kappa shape index (κ2) is 7.78. The lowest BCUT2D eigenvalue weighted by Crippen LogP contribution is -2.46. The molecule has 1 aliphatic heterocycles. The molecule has 7 heteroatoms. The van der Waals surface area contributed by atoms with Crippen LogP contribution in [-0.4, -0.2) is 27.3 Å². The number of aromatic amines is 1. The van der Waals surface area contributed by atoms with Gasteiger partial charge in [0.2, 0.25) is 0 Å². The SMILES string of the molecule is O=C(c1cnc(Cc2c(Cl)cccc2Cl)[nH]c1=O)N1CCC1c1ccccc1. The first-order valence-electron chi connectivity index (χ1n) is 8.91. The first-order chi connectivity index (χ1) is 13.5. The van der Waals surface area contributed by atoms with Gasteiger partial charge in [0.05, 0.1) is 6.04 Å². The summed E-state index contributed by atoms with van der Waals surface area (Å²) in [5, 5.41) is 1.00. The fraction of sp³-hybridized carbons (Fsp3) is 0.190. The zero-order valence-electron chi connectivity index (χ0n) is 14.9. The molecule has 1 amide bonds. The monoisotopic (exact) mass is 413 g/mol. The summed E-state index contributed by atoms with van der Waals surface area (Å²) in [6.07, 6.45) is 2.49. The number of likely N-dealkylation sites (tertiary alicyclic amines) is 1. The molecule has 0 spiro atoms. The molecule has 5 nitrogen and oxygen atoms in total. The molecule has 1 saturated heterocycles. The van der Waals surface area contributed by atoms with Gasteiger partial charge in [0.25, 0.3) is 11.5 Å². The van der Waals surface area contributed by atoms with Crippen LogP contribution in [0.3, 0.4) is 0 Å².